The average Bonchev–Trinajstić information content (AvgIpc) is 2.84. The Labute approximate surface area is 191 Å². The number of benzene rings is 3. The van der Waals surface area contributed by atoms with Crippen LogP contribution in [0.1, 0.15) is 33.5 Å². The van der Waals surface area contributed by atoms with E-state index in [1.54, 1.807) is 13.3 Å². The zero-order valence-corrected chi connectivity index (χ0v) is 18.2. The van der Waals surface area contributed by atoms with Gasteiger partial charge in [-0.05, 0) is 54.3 Å². The van der Waals surface area contributed by atoms with E-state index in [2.05, 4.69) is 39.7 Å². The molecule has 4 rings (SSSR count). The maximum atomic E-state index is 12.3. The van der Waals surface area contributed by atoms with Gasteiger partial charge in [0.05, 0.1) is 18.2 Å². The lowest BCUT2D eigenvalue weighted by Gasteiger charge is -2.31. The summed E-state index contributed by atoms with van der Waals surface area (Å²) >= 11 is 0. The first-order chi connectivity index (χ1) is 16.0. The predicted molar refractivity (Wildman–Crippen MR) is 127 cm³/mol. The molecule has 0 aromatic heterocycles. The average molecular weight is 444 g/mol. The maximum Gasteiger partial charge on any atom is 0.271 e. The highest BCUT2D eigenvalue weighted by Gasteiger charge is 2.18. The molecule has 1 amide bonds. The van der Waals surface area contributed by atoms with Gasteiger partial charge in [-0.25, -0.2) is 5.43 Å². The third-order valence-electron chi connectivity index (χ3n) is 5.57. The topological polar surface area (TPSA) is 97.1 Å². The molecule has 1 N–H and O–H groups in total. The number of aryl methyl sites for hydroxylation is 1. The van der Waals surface area contributed by atoms with Crippen molar-refractivity contribution in [2.75, 3.05) is 18.6 Å². The molecule has 0 aliphatic carbocycles. The van der Waals surface area contributed by atoms with Crippen LogP contribution in [0.15, 0.2) is 71.8 Å². The number of nitrogens with one attached hydrogen (secondary N) is 1. The van der Waals surface area contributed by atoms with Gasteiger partial charge in [0.25, 0.3) is 11.6 Å². The van der Waals surface area contributed by atoms with E-state index in [0.717, 1.165) is 36.3 Å². The van der Waals surface area contributed by atoms with Gasteiger partial charge in [-0.2, -0.15) is 5.10 Å². The van der Waals surface area contributed by atoms with Gasteiger partial charge < -0.3 is 9.64 Å². The summed E-state index contributed by atoms with van der Waals surface area (Å²) in [7, 11) is 1.65. The van der Waals surface area contributed by atoms with E-state index in [4.69, 9.17) is 4.74 Å². The van der Waals surface area contributed by atoms with Crippen LogP contribution >= 0.6 is 0 Å². The van der Waals surface area contributed by atoms with Gasteiger partial charge in [-0.1, -0.05) is 24.3 Å². The van der Waals surface area contributed by atoms with Crippen molar-refractivity contribution in [3.63, 3.8) is 0 Å². The molecule has 0 atom stereocenters. The molecular formula is C25H24N4O4. The Bertz CT molecular complexity index is 1210. The van der Waals surface area contributed by atoms with E-state index in [9.17, 15) is 14.9 Å². The van der Waals surface area contributed by atoms with Crippen molar-refractivity contribution in [1.82, 2.24) is 5.43 Å². The van der Waals surface area contributed by atoms with Crippen molar-refractivity contribution < 1.29 is 14.5 Å². The number of ether oxygens (including phenoxy) is 1. The molecule has 3 aromatic rings. The molecule has 0 saturated carbocycles. The highest BCUT2D eigenvalue weighted by Crippen LogP contribution is 2.30. The van der Waals surface area contributed by atoms with Gasteiger partial charge in [-0.15, -0.1) is 0 Å². The smallest absolute Gasteiger partial charge is 0.271 e. The molecule has 0 spiro atoms. The lowest BCUT2D eigenvalue weighted by molar-refractivity contribution is -0.384. The molecule has 1 heterocycles. The lowest BCUT2D eigenvalue weighted by atomic mass is 10.0. The number of fused-ring (bicyclic) bond motifs is 1. The van der Waals surface area contributed by atoms with Crippen LogP contribution in [-0.4, -0.2) is 30.7 Å². The molecule has 0 unspecified atom stereocenters. The molecule has 3 aromatic carbocycles. The standard InChI is InChI=1S/C25H24N4O4/c1-33-24-12-11-18(16-26-27-25(30)20-7-4-9-22(15-20)29(31)32)14-21(24)17-28-13-5-8-19-6-2-3-10-23(19)28/h2-4,6-7,9-12,14-16H,5,8,13,17H2,1H3,(H,27,30). The number of rotatable bonds is 7. The van der Waals surface area contributed by atoms with E-state index >= 15 is 0 Å². The second-order valence-electron chi connectivity index (χ2n) is 7.73. The molecule has 33 heavy (non-hydrogen) atoms. The summed E-state index contributed by atoms with van der Waals surface area (Å²) in [5, 5.41) is 14.9. The van der Waals surface area contributed by atoms with Gasteiger partial charge >= 0.3 is 0 Å². The third kappa shape index (κ3) is 5.17. The number of nitro benzene ring substituents is 1. The van der Waals surface area contributed by atoms with Crippen molar-refractivity contribution in [1.29, 1.82) is 0 Å². The molecule has 168 valence electrons. The number of hydrogen-bond acceptors (Lipinski definition) is 6. The minimum Gasteiger partial charge on any atom is -0.496 e. The highest BCUT2D eigenvalue weighted by molar-refractivity contribution is 5.95. The first-order valence-electron chi connectivity index (χ1n) is 10.6. The number of methoxy groups -OCH3 is 1. The number of carbonyl (C=O) groups is 1. The molecule has 8 nitrogen and oxygen atoms in total. The quantitative estimate of drug-likeness (QED) is 0.333. The first kappa shape index (κ1) is 22.0. The zero-order chi connectivity index (χ0) is 23.2. The number of hydrazone groups is 1. The summed E-state index contributed by atoms with van der Waals surface area (Å²) in [5.41, 5.74) is 6.86. The predicted octanol–water partition coefficient (Wildman–Crippen LogP) is 4.32. The lowest BCUT2D eigenvalue weighted by Crippen LogP contribution is -2.29. The number of carbonyl (C=O) groups excluding carboxylic acids is 1. The summed E-state index contributed by atoms with van der Waals surface area (Å²) in [6, 6.07) is 19.7. The first-order valence-corrected chi connectivity index (χ1v) is 10.6. The normalized spacial score (nSPS) is 12.9. The van der Waals surface area contributed by atoms with Gasteiger partial charge in [-0.3, -0.25) is 14.9 Å². The second kappa shape index (κ2) is 9.95. The molecule has 0 radical (unpaired) electrons. The highest BCUT2D eigenvalue weighted by atomic mass is 16.6. The molecule has 8 heteroatoms. The number of anilines is 1. The number of para-hydroxylation sites is 1. The molecular weight excluding hydrogens is 420 g/mol. The summed E-state index contributed by atoms with van der Waals surface area (Å²) in [5.74, 6) is 0.268. The van der Waals surface area contributed by atoms with E-state index in [1.807, 2.05) is 18.2 Å². The third-order valence-corrected chi connectivity index (χ3v) is 5.57. The summed E-state index contributed by atoms with van der Waals surface area (Å²) in [6.45, 7) is 1.67. The summed E-state index contributed by atoms with van der Waals surface area (Å²) in [4.78, 5) is 25.0. The fraction of sp³-hybridized carbons (Fsp3) is 0.200. The van der Waals surface area contributed by atoms with Crippen molar-refractivity contribution in [2.24, 2.45) is 5.10 Å². The molecule has 0 bridgehead atoms. The van der Waals surface area contributed by atoms with Crippen molar-refractivity contribution in [2.45, 2.75) is 19.4 Å². The van der Waals surface area contributed by atoms with E-state index < -0.39 is 10.8 Å². The van der Waals surface area contributed by atoms with E-state index in [0.29, 0.717) is 6.54 Å². The van der Waals surface area contributed by atoms with Crippen molar-refractivity contribution in [3.05, 3.63) is 99.1 Å². The van der Waals surface area contributed by atoms with Gasteiger partial charge in [0.2, 0.25) is 0 Å². The number of non-ortho nitro benzene ring substituents is 1. The molecule has 0 fully saturated rings. The fourth-order valence-corrected chi connectivity index (χ4v) is 3.97. The van der Waals surface area contributed by atoms with Crippen LogP contribution in [0.25, 0.3) is 0 Å². The SMILES string of the molecule is COc1ccc(C=NNC(=O)c2cccc([N+](=O)[O-])c2)cc1CN1CCCc2ccccc21. The van der Waals surface area contributed by atoms with Gasteiger partial charge in [0.1, 0.15) is 5.75 Å². The monoisotopic (exact) mass is 444 g/mol. The van der Waals surface area contributed by atoms with Crippen LogP contribution in [0.4, 0.5) is 11.4 Å². The Morgan fingerprint density at radius 3 is 2.85 bits per heavy atom. The summed E-state index contributed by atoms with van der Waals surface area (Å²) < 4.78 is 5.56. The van der Waals surface area contributed by atoms with Crippen molar-refractivity contribution in [3.8, 4) is 5.75 Å². The Balaban J connectivity index is 1.48. The molecule has 1 aliphatic heterocycles. The van der Waals surface area contributed by atoms with Crippen LogP contribution in [0.5, 0.6) is 5.75 Å². The number of hydrogen-bond donors (Lipinski definition) is 1. The largest absolute Gasteiger partial charge is 0.496 e. The minimum absolute atomic E-state index is 0.147. The molecule has 1 aliphatic rings. The van der Waals surface area contributed by atoms with Crippen LogP contribution < -0.4 is 15.1 Å². The second-order valence-corrected chi connectivity index (χ2v) is 7.73. The molecule has 0 saturated heterocycles. The van der Waals surface area contributed by atoms with Crippen LogP contribution in [0, 0.1) is 10.1 Å². The van der Waals surface area contributed by atoms with Crippen LogP contribution in [0.3, 0.4) is 0 Å². The Morgan fingerprint density at radius 1 is 1.18 bits per heavy atom. The Morgan fingerprint density at radius 2 is 2.03 bits per heavy atom. The maximum absolute atomic E-state index is 12.3. The van der Waals surface area contributed by atoms with E-state index in [-0.39, 0.29) is 11.3 Å². The minimum atomic E-state index is -0.542. The number of nitrogens with zero attached hydrogens (tertiary/aromatic N) is 3. The van der Waals surface area contributed by atoms with E-state index in [1.165, 1.54) is 35.5 Å². The van der Waals surface area contributed by atoms with Crippen LogP contribution in [-0.2, 0) is 13.0 Å². The van der Waals surface area contributed by atoms with Crippen molar-refractivity contribution >= 4 is 23.5 Å². The van der Waals surface area contributed by atoms with Crippen LogP contribution in [0.2, 0.25) is 0 Å². The summed E-state index contributed by atoms with van der Waals surface area (Å²) in [6.07, 6.45) is 3.73. The van der Waals surface area contributed by atoms with Gasteiger partial charge in [0.15, 0.2) is 0 Å². The fourth-order valence-electron chi connectivity index (χ4n) is 3.97. The number of nitro groups is 1. The van der Waals surface area contributed by atoms with Gasteiger partial charge in [0, 0.05) is 42.0 Å². The zero-order valence-electron chi connectivity index (χ0n) is 18.2. The number of amides is 1. The Hall–Kier alpha value is -4.20. The Kier molecular flexibility index (Phi) is 6.64.